The third kappa shape index (κ3) is 5.82. The molecule has 0 aliphatic carbocycles. The molecule has 0 radical (unpaired) electrons. The van der Waals surface area contributed by atoms with Crippen molar-refractivity contribution >= 4 is 33.0 Å². The number of rotatable bonds is 9. The lowest BCUT2D eigenvalue weighted by atomic mass is 9.88. The molecule has 0 spiro atoms. The Bertz CT molecular complexity index is 1020. The Kier molecular flexibility index (Phi) is 7.01. The molecule has 1 heterocycles. The standard InChI is InChI=1S/C21H22Cl2N2O3S/c22-18-5-3-17(4-6-18)21(26,15-25-13-12-24-16-25)11-1-2-14-29(27,28)20-9-7-19(23)8-10-20/h3-10,12-13,16,26H,1-2,11,14-15H2. The van der Waals surface area contributed by atoms with Crippen LogP contribution < -0.4 is 0 Å². The summed E-state index contributed by atoms with van der Waals surface area (Å²) in [6.45, 7) is 0.318. The van der Waals surface area contributed by atoms with Crippen LogP contribution in [0.1, 0.15) is 24.8 Å². The van der Waals surface area contributed by atoms with Crippen LogP contribution in [0.25, 0.3) is 0 Å². The van der Waals surface area contributed by atoms with Crippen molar-refractivity contribution in [3.8, 4) is 0 Å². The molecule has 0 aliphatic rings. The third-order valence-electron chi connectivity index (χ3n) is 4.81. The first-order chi connectivity index (χ1) is 13.8. The summed E-state index contributed by atoms with van der Waals surface area (Å²) in [7, 11) is -3.39. The van der Waals surface area contributed by atoms with E-state index in [9.17, 15) is 13.5 Å². The van der Waals surface area contributed by atoms with Crippen molar-refractivity contribution in [3.63, 3.8) is 0 Å². The van der Waals surface area contributed by atoms with Gasteiger partial charge in [-0.1, -0.05) is 35.3 Å². The Morgan fingerprint density at radius 1 is 0.966 bits per heavy atom. The SMILES string of the molecule is O=S(=O)(CCCCC(O)(Cn1ccnc1)c1ccc(Cl)cc1)c1ccc(Cl)cc1. The van der Waals surface area contributed by atoms with Crippen molar-refractivity contribution in [2.75, 3.05) is 5.75 Å². The predicted octanol–water partition coefficient (Wildman–Crippen LogP) is 4.72. The fraction of sp³-hybridized carbons (Fsp3) is 0.286. The van der Waals surface area contributed by atoms with Crippen LogP contribution in [0.4, 0.5) is 0 Å². The second-order valence-corrected chi connectivity index (χ2v) is 9.99. The minimum Gasteiger partial charge on any atom is -0.383 e. The summed E-state index contributed by atoms with van der Waals surface area (Å²) in [4.78, 5) is 4.28. The monoisotopic (exact) mass is 452 g/mol. The second kappa shape index (κ2) is 9.30. The minimum absolute atomic E-state index is 0.0103. The molecule has 0 bridgehead atoms. The number of aromatic nitrogens is 2. The van der Waals surface area contributed by atoms with Gasteiger partial charge < -0.3 is 9.67 Å². The molecule has 29 heavy (non-hydrogen) atoms. The molecule has 154 valence electrons. The van der Waals surface area contributed by atoms with Crippen LogP contribution in [0.5, 0.6) is 0 Å². The highest BCUT2D eigenvalue weighted by Gasteiger charge is 2.29. The van der Waals surface area contributed by atoms with E-state index in [4.69, 9.17) is 23.2 Å². The fourth-order valence-electron chi connectivity index (χ4n) is 3.23. The maximum Gasteiger partial charge on any atom is 0.178 e. The molecular weight excluding hydrogens is 431 g/mol. The van der Waals surface area contributed by atoms with Crippen molar-refractivity contribution in [2.24, 2.45) is 0 Å². The van der Waals surface area contributed by atoms with Gasteiger partial charge in [0.15, 0.2) is 9.84 Å². The normalized spacial score (nSPS) is 13.9. The van der Waals surface area contributed by atoms with Crippen molar-refractivity contribution in [3.05, 3.63) is 82.9 Å². The first-order valence-electron chi connectivity index (χ1n) is 9.21. The zero-order chi connectivity index (χ0) is 20.9. The zero-order valence-corrected chi connectivity index (χ0v) is 18.0. The van der Waals surface area contributed by atoms with Gasteiger partial charge in [-0.05, 0) is 61.2 Å². The van der Waals surface area contributed by atoms with Crippen LogP contribution in [-0.2, 0) is 22.0 Å². The van der Waals surface area contributed by atoms with E-state index in [-0.39, 0.29) is 10.6 Å². The van der Waals surface area contributed by atoms with E-state index in [1.807, 2.05) is 0 Å². The van der Waals surface area contributed by atoms with E-state index in [0.717, 1.165) is 5.56 Å². The first-order valence-corrected chi connectivity index (χ1v) is 11.6. The van der Waals surface area contributed by atoms with E-state index in [1.54, 1.807) is 59.7 Å². The highest BCUT2D eigenvalue weighted by atomic mass is 35.5. The van der Waals surface area contributed by atoms with Gasteiger partial charge in [-0.3, -0.25) is 0 Å². The van der Waals surface area contributed by atoms with Gasteiger partial charge >= 0.3 is 0 Å². The van der Waals surface area contributed by atoms with Crippen molar-refractivity contribution in [1.29, 1.82) is 0 Å². The first kappa shape index (κ1) is 21.8. The molecule has 5 nitrogen and oxygen atoms in total. The summed E-state index contributed by atoms with van der Waals surface area (Å²) in [6, 6.07) is 13.2. The molecule has 1 N–H and O–H groups in total. The summed E-state index contributed by atoms with van der Waals surface area (Å²) in [5.41, 5.74) is -0.425. The van der Waals surface area contributed by atoms with Gasteiger partial charge in [0, 0.05) is 22.4 Å². The van der Waals surface area contributed by atoms with Gasteiger partial charge in [-0.2, -0.15) is 0 Å². The molecule has 1 atom stereocenters. The average molecular weight is 453 g/mol. The Labute approximate surface area is 180 Å². The van der Waals surface area contributed by atoms with Gasteiger partial charge in [-0.25, -0.2) is 13.4 Å². The van der Waals surface area contributed by atoms with Crippen LogP contribution >= 0.6 is 23.2 Å². The molecule has 1 aromatic heterocycles. The largest absolute Gasteiger partial charge is 0.383 e. The third-order valence-corrected chi connectivity index (χ3v) is 7.13. The molecule has 0 aliphatic heterocycles. The van der Waals surface area contributed by atoms with Crippen LogP contribution in [0.2, 0.25) is 10.0 Å². The Morgan fingerprint density at radius 3 is 2.17 bits per heavy atom. The number of sulfone groups is 1. The fourth-order valence-corrected chi connectivity index (χ4v) is 4.85. The molecule has 2 aromatic carbocycles. The summed E-state index contributed by atoms with van der Waals surface area (Å²) in [5.74, 6) is 0.0103. The van der Waals surface area contributed by atoms with E-state index >= 15 is 0 Å². The molecule has 1 unspecified atom stereocenters. The maximum absolute atomic E-state index is 12.5. The van der Waals surface area contributed by atoms with Crippen molar-refractivity contribution < 1.29 is 13.5 Å². The lowest BCUT2D eigenvalue weighted by Crippen LogP contribution is -2.31. The van der Waals surface area contributed by atoms with Gasteiger partial charge in [-0.15, -0.1) is 0 Å². The predicted molar refractivity (Wildman–Crippen MR) is 115 cm³/mol. The van der Waals surface area contributed by atoms with E-state index in [2.05, 4.69) is 4.98 Å². The second-order valence-electron chi connectivity index (χ2n) is 7.00. The van der Waals surface area contributed by atoms with Gasteiger partial charge in [0.2, 0.25) is 0 Å². The summed E-state index contributed by atoms with van der Waals surface area (Å²) in [6.07, 6.45) is 6.47. The smallest absolute Gasteiger partial charge is 0.178 e. The van der Waals surface area contributed by atoms with E-state index < -0.39 is 15.4 Å². The minimum atomic E-state index is -3.39. The number of nitrogens with zero attached hydrogens (tertiary/aromatic N) is 2. The lowest BCUT2D eigenvalue weighted by Gasteiger charge is -2.29. The molecule has 3 aromatic rings. The quantitative estimate of drug-likeness (QED) is 0.476. The number of benzene rings is 2. The average Bonchev–Trinajstić information content (AvgIpc) is 3.19. The number of hydrogen-bond acceptors (Lipinski definition) is 4. The molecule has 3 rings (SSSR count). The van der Waals surface area contributed by atoms with Gasteiger partial charge in [0.25, 0.3) is 0 Å². The molecule has 0 fully saturated rings. The molecule has 0 saturated carbocycles. The highest BCUT2D eigenvalue weighted by Crippen LogP contribution is 2.30. The molecule has 0 saturated heterocycles. The van der Waals surface area contributed by atoms with E-state index in [0.29, 0.717) is 35.9 Å². The number of halogens is 2. The molecule has 0 amide bonds. The number of imidazole rings is 1. The number of unbranched alkanes of at least 4 members (excludes halogenated alkanes) is 1. The molecule has 8 heteroatoms. The summed E-state index contributed by atoms with van der Waals surface area (Å²) >= 11 is 11.8. The van der Waals surface area contributed by atoms with Gasteiger partial charge in [0.05, 0.1) is 23.5 Å². The summed E-state index contributed by atoms with van der Waals surface area (Å²) in [5, 5.41) is 12.5. The van der Waals surface area contributed by atoms with Crippen molar-refractivity contribution in [2.45, 2.75) is 36.3 Å². The van der Waals surface area contributed by atoms with Crippen LogP contribution in [0.15, 0.2) is 72.1 Å². The van der Waals surface area contributed by atoms with Crippen LogP contribution in [0, 0.1) is 0 Å². The topological polar surface area (TPSA) is 72.2 Å². The maximum atomic E-state index is 12.5. The highest BCUT2D eigenvalue weighted by molar-refractivity contribution is 7.91. The lowest BCUT2D eigenvalue weighted by molar-refractivity contribution is 0.00753. The molecular formula is C21H22Cl2N2O3S. The number of hydrogen-bond donors (Lipinski definition) is 1. The van der Waals surface area contributed by atoms with Crippen LogP contribution in [0.3, 0.4) is 0 Å². The zero-order valence-electron chi connectivity index (χ0n) is 15.7. The van der Waals surface area contributed by atoms with Crippen molar-refractivity contribution in [1.82, 2.24) is 9.55 Å². The Morgan fingerprint density at radius 2 is 1.59 bits per heavy atom. The summed E-state index contributed by atoms with van der Waals surface area (Å²) < 4.78 is 26.8. The van der Waals surface area contributed by atoms with Gasteiger partial charge in [0.1, 0.15) is 5.60 Å². The Hall–Kier alpha value is -1.86. The van der Waals surface area contributed by atoms with Crippen LogP contribution in [-0.4, -0.2) is 28.8 Å². The van der Waals surface area contributed by atoms with E-state index in [1.165, 1.54) is 12.1 Å². The number of aliphatic hydroxyl groups is 1. The Balaban J connectivity index is 1.67.